The van der Waals surface area contributed by atoms with Gasteiger partial charge in [0.25, 0.3) is 0 Å². The number of benzene rings is 2. The highest BCUT2D eigenvalue weighted by Crippen LogP contribution is 2.35. The zero-order valence-electron chi connectivity index (χ0n) is 17.2. The summed E-state index contributed by atoms with van der Waals surface area (Å²) in [6.45, 7) is 1.67. The summed E-state index contributed by atoms with van der Waals surface area (Å²) in [6, 6.07) is 13.4. The molecule has 1 heterocycles. The summed E-state index contributed by atoms with van der Waals surface area (Å²) < 4.78 is 48.0. The van der Waals surface area contributed by atoms with Gasteiger partial charge in [-0.05, 0) is 36.2 Å². The number of nitrogens with zero attached hydrogens (tertiary/aromatic N) is 1. The van der Waals surface area contributed by atoms with E-state index < -0.39 is 17.7 Å². The van der Waals surface area contributed by atoms with Crippen LogP contribution in [0.3, 0.4) is 0 Å². The molecule has 3 aromatic rings. The Morgan fingerprint density at radius 1 is 1.12 bits per heavy atom. The molecule has 168 valence electrons. The standard InChI is InChI=1S/C23H19ClF3NO3S/c1-14-9-21(18(24)10-20(14)31-12-22(29)30-2)32-13-15-3-5-16(6-4-15)19-8-7-17(11-28-19)23(25,26)27/h3-11H,12-13H2,1-2H3. The molecule has 0 unspecified atom stereocenters. The van der Waals surface area contributed by atoms with Gasteiger partial charge in [-0.15, -0.1) is 11.8 Å². The molecule has 3 rings (SSSR count). The van der Waals surface area contributed by atoms with Crippen LogP contribution in [-0.4, -0.2) is 24.7 Å². The zero-order valence-corrected chi connectivity index (χ0v) is 18.8. The number of esters is 1. The van der Waals surface area contributed by atoms with Crippen molar-refractivity contribution in [2.24, 2.45) is 0 Å². The quantitative estimate of drug-likeness (QED) is 0.282. The van der Waals surface area contributed by atoms with Crippen LogP contribution in [0.25, 0.3) is 11.3 Å². The highest BCUT2D eigenvalue weighted by atomic mass is 35.5. The van der Waals surface area contributed by atoms with E-state index in [2.05, 4.69) is 9.72 Å². The summed E-state index contributed by atoms with van der Waals surface area (Å²) in [5, 5.41) is 0.506. The largest absolute Gasteiger partial charge is 0.482 e. The number of aryl methyl sites for hydroxylation is 1. The first-order valence-corrected chi connectivity index (χ1v) is 10.8. The monoisotopic (exact) mass is 481 g/mol. The second-order valence-electron chi connectivity index (χ2n) is 6.83. The Hall–Kier alpha value is -2.71. The van der Waals surface area contributed by atoms with E-state index in [-0.39, 0.29) is 6.61 Å². The minimum Gasteiger partial charge on any atom is -0.482 e. The molecule has 0 saturated carbocycles. The van der Waals surface area contributed by atoms with Crippen molar-refractivity contribution in [3.8, 4) is 17.0 Å². The molecule has 0 spiro atoms. The van der Waals surface area contributed by atoms with Crippen molar-refractivity contribution in [2.45, 2.75) is 23.7 Å². The van der Waals surface area contributed by atoms with Gasteiger partial charge in [0.2, 0.25) is 0 Å². The van der Waals surface area contributed by atoms with Crippen LogP contribution in [0.4, 0.5) is 13.2 Å². The number of alkyl halides is 3. The Labute approximate surface area is 192 Å². The van der Waals surface area contributed by atoms with E-state index in [1.807, 2.05) is 37.3 Å². The van der Waals surface area contributed by atoms with E-state index in [1.54, 1.807) is 6.07 Å². The van der Waals surface area contributed by atoms with E-state index in [4.69, 9.17) is 16.3 Å². The average molecular weight is 482 g/mol. The van der Waals surface area contributed by atoms with E-state index in [0.717, 1.165) is 33.8 Å². The fraction of sp³-hybridized carbons (Fsp3) is 0.217. The van der Waals surface area contributed by atoms with Crippen LogP contribution in [-0.2, 0) is 21.5 Å². The number of halogens is 4. The number of rotatable bonds is 7. The smallest absolute Gasteiger partial charge is 0.417 e. The van der Waals surface area contributed by atoms with Crippen LogP contribution in [0.15, 0.2) is 59.6 Å². The number of carbonyl (C=O) groups excluding carboxylic acids is 1. The summed E-state index contributed by atoms with van der Waals surface area (Å²) in [5.41, 5.74) is 2.28. The van der Waals surface area contributed by atoms with Crippen molar-refractivity contribution in [3.63, 3.8) is 0 Å². The van der Waals surface area contributed by atoms with Gasteiger partial charge in [0.05, 0.1) is 23.4 Å². The Kier molecular flexibility index (Phi) is 7.69. The second kappa shape index (κ2) is 10.3. The number of hydrogen-bond donors (Lipinski definition) is 0. The Morgan fingerprint density at radius 2 is 1.84 bits per heavy atom. The van der Waals surface area contributed by atoms with Gasteiger partial charge in [-0.2, -0.15) is 13.2 Å². The summed E-state index contributed by atoms with van der Waals surface area (Å²) in [7, 11) is 1.29. The van der Waals surface area contributed by atoms with E-state index in [0.29, 0.717) is 22.2 Å². The molecule has 0 atom stereocenters. The third kappa shape index (κ3) is 6.17. The molecule has 0 bridgehead atoms. The zero-order chi connectivity index (χ0) is 23.3. The van der Waals surface area contributed by atoms with Crippen LogP contribution in [0.1, 0.15) is 16.7 Å². The Bertz CT molecular complexity index is 1090. The van der Waals surface area contributed by atoms with Crippen LogP contribution >= 0.6 is 23.4 Å². The summed E-state index contributed by atoms with van der Waals surface area (Å²) >= 11 is 7.90. The van der Waals surface area contributed by atoms with Crippen LogP contribution < -0.4 is 4.74 Å². The maximum atomic E-state index is 12.7. The first-order chi connectivity index (χ1) is 15.2. The van der Waals surface area contributed by atoms with Crippen LogP contribution in [0, 0.1) is 6.92 Å². The molecular weight excluding hydrogens is 463 g/mol. The molecule has 32 heavy (non-hydrogen) atoms. The molecule has 0 aliphatic heterocycles. The number of aromatic nitrogens is 1. The van der Waals surface area contributed by atoms with Crippen molar-refractivity contribution in [3.05, 3.63) is 76.4 Å². The molecule has 2 aromatic carbocycles. The average Bonchev–Trinajstić information content (AvgIpc) is 2.78. The van der Waals surface area contributed by atoms with Crippen molar-refractivity contribution in [2.75, 3.05) is 13.7 Å². The van der Waals surface area contributed by atoms with Gasteiger partial charge in [0.15, 0.2) is 6.61 Å². The highest BCUT2D eigenvalue weighted by Gasteiger charge is 2.30. The van der Waals surface area contributed by atoms with E-state index in [9.17, 15) is 18.0 Å². The van der Waals surface area contributed by atoms with Gasteiger partial charge in [0.1, 0.15) is 5.75 Å². The highest BCUT2D eigenvalue weighted by molar-refractivity contribution is 7.98. The molecular formula is C23H19ClF3NO3S. The number of hydrogen-bond acceptors (Lipinski definition) is 5. The third-order valence-corrected chi connectivity index (χ3v) is 6.09. The normalized spacial score (nSPS) is 11.3. The molecule has 0 N–H and O–H groups in total. The van der Waals surface area contributed by atoms with Gasteiger partial charge in [-0.3, -0.25) is 4.98 Å². The second-order valence-corrected chi connectivity index (χ2v) is 8.25. The van der Waals surface area contributed by atoms with Crippen LogP contribution in [0.2, 0.25) is 5.02 Å². The molecule has 1 aromatic heterocycles. The summed E-state index contributed by atoms with van der Waals surface area (Å²) in [4.78, 5) is 16.0. The predicted octanol–water partition coefficient (Wildman–Crippen LogP) is 6.57. The number of thioether (sulfide) groups is 1. The minimum atomic E-state index is -4.40. The molecule has 0 fully saturated rings. The predicted molar refractivity (Wildman–Crippen MR) is 118 cm³/mol. The minimum absolute atomic E-state index is 0.194. The SMILES string of the molecule is COC(=O)COc1cc(Cl)c(SCc2ccc(-c3ccc(C(F)(F)F)cn3)cc2)cc1C. The topological polar surface area (TPSA) is 48.4 Å². The van der Waals surface area contributed by atoms with Gasteiger partial charge in [0, 0.05) is 28.5 Å². The lowest BCUT2D eigenvalue weighted by molar-refractivity contribution is -0.143. The fourth-order valence-corrected chi connectivity index (χ4v) is 4.05. The fourth-order valence-electron chi connectivity index (χ4n) is 2.76. The van der Waals surface area contributed by atoms with Crippen molar-refractivity contribution >= 4 is 29.3 Å². The summed E-state index contributed by atoms with van der Waals surface area (Å²) in [6.07, 6.45) is -3.57. The van der Waals surface area contributed by atoms with Crippen molar-refractivity contribution in [1.82, 2.24) is 4.98 Å². The molecule has 4 nitrogen and oxygen atoms in total. The maximum Gasteiger partial charge on any atom is 0.417 e. The first-order valence-electron chi connectivity index (χ1n) is 9.42. The lowest BCUT2D eigenvalue weighted by Gasteiger charge is -2.12. The van der Waals surface area contributed by atoms with Crippen molar-refractivity contribution < 1.29 is 27.4 Å². The first kappa shape index (κ1) is 23.9. The number of pyridine rings is 1. The van der Waals surface area contributed by atoms with E-state index >= 15 is 0 Å². The van der Waals surface area contributed by atoms with Crippen molar-refractivity contribution in [1.29, 1.82) is 0 Å². The van der Waals surface area contributed by atoms with Gasteiger partial charge in [-0.25, -0.2) is 4.79 Å². The van der Waals surface area contributed by atoms with E-state index in [1.165, 1.54) is 24.9 Å². The maximum absolute atomic E-state index is 12.7. The lowest BCUT2D eigenvalue weighted by atomic mass is 10.1. The van der Waals surface area contributed by atoms with Gasteiger partial charge in [-0.1, -0.05) is 35.9 Å². The molecule has 9 heteroatoms. The Balaban J connectivity index is 1.64. The van der Waals surface area contributed by atoms with Crippen LogP contribution in [0.5, 0.6) is 5.75 Å². The van der Waals surface area contributed by atoms with Gasteiger partial charge >= 0.3 is 12.1 Å². The Morgan fingerprint density at radius 3 is 2.44 bits per heavy atom. The third-order valence-electron chi connectivity index (χ3n) is 4.54. The number of ether oxygens (including phenoxy) is 2. The molecule has 0 amide bonds. The molecule has 0 saturated heterocycles. The number of methoxy groups -OCH3 is 1. The molecule has 0 radical (unpaired) electrons. The number of carbonyl (C=O) groups is 1. The molecule has 0 aliphatic carbocycles. The lowest BCUT2D eigenvalue weighted by Crippen LogP contribution is -2.13. The summed E-state index contributed by atoms with van der Waals surface area (Å²) in [5.74, 6) is 0.675. The molecule has 0 aliphatic rings. The van der Waals surface area contributed by atoms with Gasteiger partial charge < -0.3 is 9.47 Å².